The lowest BCUT2D eigenvalue weighted by Gasteiger charge is -2.08. The van der Waals surface area contributed by atoms with Gasteiger partial charge in [-0.15, -0.1) is 11.3 Å². The summed E-state index contributed by atoms with van der Waals surface area (Å²) in [5, 5.41) is 6.41. The van der Waals surface area contributed by atoms with Gasteiger partial charge in [0.05, 0.1) is 28.9 Å². The van der Waals surface area contributed by atoms with E-state index >= 15 is 0 Å². The van der Waals surface area contributed by atoms with Crippen molar-refractivity contribution in [2.24, 2.45) is 0 Å². The fourth-order valence-electron chi connectivity index (χ4n) is 2.09. The first kappa shape index (κ1) is 15.1. The number of nitrogen functional groups attached to an aromatic ring is 1. The number of rotatable bonds is 3. The van der Waals surface area contributed by atoms with Crippen molar-refractivity contribution in [1.29, 1.82) is 0 Å². The molecule has 0 atom stereocenters. The molecule has 118 valence electrons. The number of aromatic nitrogens is 3. The second-order valence-corrected chi connectivity index (χ2v) is 5.43. The average molecular weight is 333 g/mol. The van der Waals surface area contributed by atoms with Crippen molar-refractivity contribution in [1.82, 2.24) is 14.8 Å². The highest BCUT2D eigenvalue weighted by Crippen LogP contribution is 2.27. The van der Waals surface area contributed by atoms with Gasteiger partial charge in [0, 0.05) is 10.8 Å². The van der Waals surface area contributed by atoms with Gasteiger partial charge in [0.15, 0.2) is 5.69 Å². The molecule has 0 aromatic carbocycles. The number of pyridine rings is 1. The van der Waals surface area contributed by atoms with E-state index in [2.05, 4.69) is 10.1 Å². The van der Waals surface area contributed by atoms with E-state index in [0.29, 0.717) is 5.39 Å². The standard InChI is InChI=1S/C14H11FN4O3S/c1-2-22-14(21)11-8-6-23-12(16)10(8)13(20)19(18-11)7-3-4-9(15)17-5-7/h3-6H,2,16H2,1H3/i15-1. The van der Waals surface area contributed by atoms with Crippen molar-refractivity contribution in [3.63, 3.8) is 0 Å². The molecule has 3 heterocycles. The molecule has 23 heavy (non-hydrogen) atoms. The highest BCUT2D eigenvalue weighted by atomic mass is 32.1. The number of thiophene rings is 1. The number of carbonyl (C=O) groups excluding carboxylic acids is 1. The number of anilines is 1. The van der Waals surface area contributed by atoms with Crippen molar-refractivity contribution in [2.45, 2.75) is 6.92 Å². The van der Waals surface area contributed by atoms with Gasteiger partial charge in [-0.3, -0.25) is 4.79 Å². The van der Waals surface area contributed by atoms with Crippen LogP contribution in [0.5, 0.6) is 0 Å². The summed E-state index contributed by atoms with van der Waals surface area (Å²) in [6.07, 6.45) is 1.15. The Balaban J connectivity index is 2.32. The zero-order valence-corrected chi connectivity index (χ0v) is 12.8. The van der Waals surface area contributed by atoms with Crippen LogP contribution in [0.4, 0.5) is 9.39 Å². The molecule has 0 aliphatic rings. The molecule has 0 saturated carbocycles. The van der Waals surface area contributed by atoms with E-state index in [4.69, 9.17) is 10.5 Å². The molecule has 0 aliphatic heterocycles. The van der Waals surface area contributed by atoms with Crippen LogP contribution in [0, 0.1) is 5.95 Å². The van der Waals surface area contributed by atoms with Crippen LogP contribution in [-0.2, 0) is 4.74 Å². The Morgan fingerprint density at radius 3 is 2.91 bits per heavy atom. The normalized spacial score (nSPS) is 10.9. The molecule has 0 spiro atoms. The molecule has 2 N–H and O–H groups in total. The molecule has 0 saturated heterocycles. The molecule has 0 unspecified atom stereocenters. The number of carbonyl (C=O) groups is 1. The van der Waals surface area contributed by atoms with Crippen molar-refractivity contribution in [3.05, 3.63) is 45.7 Å². The fraction of sp³-hybridized carbons (Fsp3) is 0.143. The summed E-state index contributed by atoms with van der Waals surface area (Å²) in [6, 6.07) is 2.43. The summed E-state index contributed by atoms with van der Waals surface area (Å²) in [5.74, 6) is -1.36. The molecule has 0 radical (unpaired) electrons. The first-order valence-electron chi connectivity index (χ1n) is 6.62. The molecule has 0 fully saturated rings. The Morgan fingerprint density at radius 1 is 1.48 bits per heavy atom. The minimum atomic E-state index is -0.691. The Bertz CT molecular complexity index is 949. The second kappa shape index (κ2) is 5.76. The molecular formula is C14H11FN4O3S. The summed E-state index contributed by atoms with van der Waals surface area (Å²) >= 11 is 1.13. The average Bonchev–Trinajstić information content (AvgIpc) is 2.91. The van der Waals surface area contributed by atoms with Gasteiger partial charge in [0.25, 0.3) is 5.56 Å². The van der Waals surface area contributed by atoms with Crippen LogP contribution >= 0.6 is 11.3 Å². The lowest BCUT2D eigenvalue weighted by molar-refractivity contribution is 0.0520. The van der Waals surface area contributed by atoms with Crippen LogP contribution in [0.15, 0.2) is 28.5 Å². The molecule has 0 amide bonds. The molecular weight excluding hydrogens is 322 g/mol. The number of ether oxygens (including phenoxy) is 1. The number of fused-ring (bicyclic) bond motifs is 1. The molecule has 7 nitrogen and oxygen atoms in total. The van der Waals surface area contributed by atoms with E-state index in [9.17, 15) is 14.0 Å². The van der Waals surface area contributed by atoms with Gasteiger partial charge in [-0.25, -0.2) is 9.78 Å². The minimum Gasteiger partial charge on any atom is -0.461 e. The monoisotopic (exact) mass is 333 g/mol. The quantitative estimate of drug-likeness (QED) is 0.579. The van der Waals surface area contributed by atoms with Crippen LogP contribution in [0.2, 0.25) is 0 Å². The van der Waals surface area contributed by atoms with Gasteiger partial charge in [0.2, 0.25) is 5.95 Å². The Hall–Kier alpha value is -2.81. The number of esters is 1. The van der Waals surface area contributed by atoms with Crippen molar-refractivity contribution in [2.75, 3.05) is 12.3 Å². The summed E-state index contributed by atoms with van der Waals surface area (Å²) in [6.45, 7) is 1.83. The first-order valence-corrected chi connectivity index (χ1v) is 7.50. The van der Waals surface area contributed by atoms with Gasteiger partial charge in [-0.2, -0.15) is 14.2 Å². The molecule has 0 bridgehead atoms. The van der Waals surface area contributed by atoms with E-state index < -0.39 is 17.5 Å². The first-order chi connectivity index (χ1) is 11.0. The zero-order valence-electron chi connectivity index (χ0n) is 11.9. The van der Waals surface area contributed by atoms with Crippen LogP contribution in [-0.4, -0.2) is 27.3 Å². The van der Waals surface area contributed by atoms with E-state index in [1.165, 1.54) is 6.07 Å². The number of nitrogens with zero attached hydrogens (tertiary/aromatic N) is 3. The molecule has 0 aliphatic carbocycles. The third-order valence-electron chi connectivity index (χ3n) is 3.11. The topological polar surface area (TPSA) is 100 Å². The Morgan fingerprint density at radius 2 is 2.26 bits per heavy atom. The lowest BCUT2D eigenvalue weighted by atomic mass is 10.2. The van der Waals surface area contributed by atoms with Crippen molar-refractivity contribution in [3.8, 4) is 5.69 Å². The summed E-state index contributed by atoms with van der Waals surface area (Å²) in [7, 11) is 0. The maximum Gasteiger partial charge on any atom is 0.359 e. The summed E-state index contributed by atoms with van der Waals surface area (Å²) < 4.78 is 18.9. The predicted molar refractivity (Wildman–Crippen MR) is 83.3 cm³/mol. The van der Waals surface area contributed by atoms with Crippen LogP contribution in [0.3, 0.4) is 0 Å². The van der Waals surface area contributed by atoms with E-state index in [0.717, 1.165) is 28.3 Å². The van der Waals surface area contributed by atoms with Crippen LogP contribution < -0.4 is 11.3 Å². The third-order valence-corrected chi connectivity index (χ3v) is 3.92. The van der Waals surface area contributed by atoms with Gasteiger partial charge < -0.3 is 10.5 Å². The van der Waals surface area contributed by atoms with E-state index in [1.54, 1.807) is 12.3 Å². The molecule has 3 rings (SSSR count). The zero-order chi connectivity index (χ0) is 16.6. The van der Waals surface area contributed by atoms with Gasteiger partial charge in [-0.1, -0.05) is 0 Å². The smallest absolute Gasteiger partial charge is 0.359 e. The van der Waals surface area contributed by atoms with Crippen molar-refractivity contribution < 1.29 is 13.9 Å². The highest BCUT2D eigenvalue weighted by Gasteiger charge is 2.21. The third kappa shape index (κ3) is 2.55. The highest BCUT2D eigenvalue weighted by molar-refractivity contribution is 7.15. The number of hydrogen-bond acceptors (Lipinski definition) is 7. The molecule has 9 heteroatoms. The maximum atomic E-state index is 13.0. The van der Waals surface area contributed by atoms with Gasteiger partial charge >= 0.3 is 5.97 Å². The number of nitrogens with two attached hydrogens (primary N) is 1. The summed E-state index contributed by atoms with van der Waals surface area (Å²) in [5.41, 5.74) is 5.52. The molecule has 3 aromatic heterocycles. The number of hydrogen-bond donors (Lipinski definition) is 1. The van der Waals surface area contributed by atoms with E-state index in [-0.39, 0.29) is 28.4 Å². The second-order valence-electron chi connectivity index (χ2n) is 4.51. The van der Waals surface area contributed by atoms with E-state index in [1.807, 2.05) is 0 Å². The predicted octanol–water partition coefficient (Wildman–Crippen LogP) is 1.74. The van der Waals surface area contributed by atoms with Crippen molar-refractivity contribution >= 4 is 33.1 Å². The van der Waals surface area contributed by atoms with Crippen LogP contribution in [0.1, 0.15) is 17.4 Å². The van der Waals surface area contributed by atoms with Gasteiger partial charge in [-0.05, 0) is 19.1 Å². The maximum absolute atomic E-state index is 13.0. The Labute approximate surface area is 133 Å². The van der Waals surface area contributed by atoms with Gasteiger partial charge in [0.1, 0.15) is 0 Å². The lowest BCUT2D eigenvalue weighted by Crippen LogP contribution is -2.25. The molecule has 3 aromatic rings. The minimum absolute atomic E-state index is 0.0290. The van der Waals surface area contributed by atoms with Crippen LogP contribution in [0.25, 0.3) is 16.5 Å². The SMILES string of the molecule is CCOC(=O)c1nn(-c2ccc([18F])nc2)c(=O)c2c(N)scc12. The fourth-order valence-corrected chi connectivity index (χ4v) is 2.88. The number of halogens is 1. The summed E-state index contributed by atoms with van der Waals surface area (Å²) in [4.78, 5) is 28.2. The Kier molecular flexibility index (Phi) is 3.78. The largest absolute Gasteiger partial charge is 0.461 e.